The maximum absolute atomic E-state index is 3.46. The molecule has 1 aromatic carbocycles. The molecule has 1 aliphatic heterocycles. The smallest absolute Gasteiger partial charge is 0.0489 e. The summed E-state index contributed by atoms with van der Waals surface area (Å²) in [5.41, 5.74) is 4.26. The van der Waals surface area contributed by atoms with E-state index in [-0.39, 0.29) is 0 Å². The van der Waals surface area contributed by atoms with Gasteiger partial charge in [-0.3, -0.25) is 0 Å². The van der Waals surface area contributed by atoms with Gasteiger partial charge in [-0.15, -0.1) is 0 Å². The van der Waals surface area contributed by atoms with Crippen LogP contribution in [0, 0.1) is 5.92 Å². The van der Waals surface area contributed by atoms with Crippen molar-refractivity contribution in [2.24, 2.45) is 5.92 Å². The van der Waals surface area contributed by atoms with Crippen LogP contribution in [0.25, 0.3) is 10.9 Å². The molecule has 1 saturated heterocycles. The third-order valence-corrected chi connectivity index (χ3v) is 3.94. The molecular weight excluding hydrogens is 208 g/mol. The Labute approximate surface area is 102 Å². The third kappa shape index (κ3) is 1.98. The molecule has 2 heteroatoms. The molecule has 1 atom stereocenters. The van der Waals surface area contributed by atoms with Crippen molar-refractivity contribution in [2.75, 3.05) is 13.1 Å². The molecule has 2 nitrogen and oxygen atoms in total. The van der Waals surface area contributed by atoms with E-state index in [0.29, 0.717) is 0 Å². The maximum atomic E-state index is 3.46. The predicted octanol–water partition coefficient (Wildman–Crippen LogP) is 2.88. The van der Waals surface area contributed by atoms with Crippen molar-refractivity contribution < 1.29 is 0 Å². The van der Waals surface area contributed by atoms with E-state index < -0.39 is 0 Å². The molecule has 0 aliphatic carbocycles. The van der Waals surface area contributed by atoms with Gasteiger partial charge in [0.2, 0.25) is 0 Å². The maximum Gasteiger partial charge on any atom is 0.0489 e. The Morgan fingerprint density at radius 2 is 2.24 bits per heavy atom. The van der Waals surface area contributed by atoms with E-state index in [9.17, 15) is 0 Å². The minimum Gasteiger partial charge on any atom is -0.361 e. The summed E-state index contributed by atoms with van der Waals surface area (Å²) in [6.45, 7) is 4.59. The predicted molar refractivity (Wildman–Crippen MR) is 72.4 cm³/mol. The van der Waals surface area contributed by atoms with Crippen LogP contribution in [0.4, 0.5) is 0 Å². The standard InChI is InChI=1S/C15H20N2/c1-2-12-4-3-5-14-13(10-17-15(12)14)8-11-6-7-16-9-11/h3-5,10-11,16-17H,2,6-9H2,1H3. The van der Waals surface area contributed by atoms with Crippen molar-refractivity contribution in [1.29, 1.82) is 0 Å². The lowest BCUT2D eigenvalue weighted by atomic mass is 9.97. The monoisotopic (exact) mass is 228 g/mol. The second kappa shape index (κ2) is 4.53. The minimum atomic E-state index is 0.819. The Morgan fingerprint density at radius 3 is 3.00 bits per heavy atom. The summed E-state index contributed by atoms with van der Waals surface area (Å²) >= 11 is 0. The molecule has 3 rings (SSSR count). The fourth-order valence-corrected chi connectivity index (χ4v) is 2.94. The van der Waals surface area contributed by atoms with Crippen molar-refractivity contribution in [3.05, 3.63) is 35.5 Å². The van der Waals surface area contributed by atoms with Gasteiger partial charge >= 0.3 is 0 Å². The number of rotatable bonds is 3. The highest BCUT2D eigenvalue weighted by Crippen LogP contribution is 2.25. The summed E-state index contributed by atoms with van der Waals surface area (Å²) in [5, 5.41) is 4.87. The number of para-hydroxylation sites is 1. The van der Waals surface area contributed by atoms with E-state index in [1.165, 1.54) is 48.0 Å². The van der Waals surface area contributed by atoms with E-state index in [1.807, 2.05) is 0 Å². The fourth-order valence-electron chi connectivity index (χ4n) is 2.94. The lowest BCUT2D eigenvalue weighted by Crippen LogP contribution is -2.10. The van der Waals surface area contributed by atoms with Crippen LogP contribution < -0.4 is 5.32 Å². The summed E-state index contributed by atoms with van der Waals surface area (Å²) in [5.74, 6) is 0.819. The first-order valence-corrected chi connectivity index (χ1v) is 6.67. The van der Waals surface area contributed by atoms with Gasteiger partial charge in [0, 0.05) is 17.1 Å². The summed E-state index contributed by atoms with van der Waals surface area (Å²) in [6, 6.07) is 6.66. The van der Waals surface area contributed by atoms with Gasteiger partial charge in [-0.1, -0.05) is 25.1 Å². The number of aromatic nitrogens is 1. The molecule has 90 valence electrons. The second-order valence-electron chi connectivity index (χ2n) is 5.07. The first-order valence-electron chi connectivity index (χ1n) is 6.67. The van der Waals surface area contributed by atoms with E-state index in [0.717, 1.165) is 12.3 Å². The first-order chi connectivity index (χ1) is 8.38. The van der Waals surface area contributed by atoms with Crippen molar-refractivity contribution >= 4 is 10.9 Å². The van der Waals surface area contributed by atoms with Crippen LogP contribution in [-0.4, -0.2) is 18.1 Å². The number of nitrogens with one attached hydrogen (secondary N) is 2. The van der Waals surface area contributed by atoms with Crippen LogP contribution in [-0.2, 0) is 12.8 Å². The summed E-state index contributed by atoms with van der Waals surface area (Å²) < 4.78 is 0. The SMILES string of the molecule is CCc1cccc2c(CC3CCNC3)c[nH]c12. The number of hydrogen-bond acceptors (Lipinski definition) is 1. The number of benzene rings is 1. The third-order valence-electron chi connectivity index (χ3n) is 3.94. The van der Waals surface area contributed by atoms with Crippen LogP contribution in [0.1, 0.15) is 24.5 Å². The Morgan fingerprint density at radius 1 is 1.29 bits per heavy atom. The van der Waals surface area contributed by atoms with E-state index >= 15 is 0 Å². The van der Waals surface area contributed by atoms with Gasteiger partial charge in [0.05, 0.1) is 0 Å². The van der Waals surface area contributed by atoms with Crippen LogP contribution in [0.2, 0.25) is 0 Å². The van der Waals surface area contributed by atoms with Crippen molar-refractivity contribution in [3.63, 3.8) is 0 Å². The zero-order valence-corrected chi connectivity index (χ0v) is 10.4. The summed E-state index contributed by atoms with van der Waals surface area (Å²) in [7, 11) is 0. The molecule has 2 heterocycles. The van der Waals surface area contributed by atoms with Crippen LogP contribution in [0.15, 0.2) is 24.4 Å². The van der Waals surface area contributed by atoms with Crippen molar-refractivity contribution in [3.8, 4) is 0 Å². The Kier molecular flexibility index (Phi) is 2.89. The van der Waals surface area contributed by atoms with Crippen molar-refractivity contribution in [2.45, 2.75) is 26.2 Å². The fraction of sp³-hybridized carbons (Fsp3) is 0.467. The number of fused-ring (bicyclic) bond motifs is 1. The molecule has 0 radical (unpaired) electrons. The minimum absolute atomic E-state index is 0.819. The molecule has 0 saturated carbocycles. The molecule has 0 bridgehead atoms. The van der Waals surface area contributed by atoms with Gasteiger partial charge in [-0.25, -0.2) is 0 Å². The van der Waals surface area contributed by atoms with Crippen LogP contribution >= 0.6 is 0 Å². The number of aryl methyl sites for hydroxylation is 1. The van der Waals surface area contributed by atoms with Gasteiger partial charge in [-0.05, 0) is 49.4 Å². The van der Waals surface area contributed by atoms with Gasteiger partial charge in [0.25, 0.3) is 0 Å². The molecular formula is C15H20N2. The van der Waals surface area contributed by atoms with Gasteiger partial charge < -0.3 is 10.3 Å². The zero-order chi connectivity index (χ0) is 11.7. The lowest BCUT2D eigenvalue weighted by molar-refractivity contribution is 0.582. The van der Waals surface area contributed by atoms with Gasteiger partial charge in [-0.2, -0.15) is 0 Å². The van der Waals surface area contributed by atoms with Crippen LogP contribution in [0.5, 0.6) is 0 Å². The number of aromatic amines is 1. The number of H-pyrrole nitrogens is 1. The first kappa shape index (κ1) is 10.8. The Balaban J connectivity index is 1.94. The van der Waals surface area contributed by atoms with Gasteiger partial charge in [0.15, 0.2) is 0 Å². The number of hydrogen-bond donors (Lipinski definition) is 2. The quantitative estimate of drug-likeness (QED) is 0.830. The zero-order valence-electron chi connectivity index (χ0n) is 10.4. The molecule has 1 aromatic heterocycles. The molecule has 1 fully saturated rings. The van der Waals surface area contributed by atoms with Crippen molar-refractivity contribution in [1.82, 2.24) is 10.3 Å². The molecule has 1 unspecified atom stereocenters. The summed E-state index contributed by atoms with van der Waals surface area (Å²) in [6.07, 6.45) is 5.84. The second-order valence-corrected chi connectivity index (χ2v) is 5.07. The topological polar surface area (TPSA) is 27.8 Å². The average Bonchev–Trinajstić information content (AvgIpc) is 2.99. The normalized spacial score (nSPS) is 20.2. The largest absolute Gasteiger partial charge is 0.361 e. The molecule has 2 aromatic rings. The highest BCUT2D eigenvalue weighted by molar-refractivity contribution is 5.86. The Bertz CT molecular complexity index is 507. The van der Waals surface area contributed by atoms with E-state index in [1.54, 1.807) is 0 Å². The lowest BCUT2D eigenvalue weighted by Gasteiger charge is -2.07. The highest BCUT2D eigenvalue weighted by atomic mass is 14.9. The summed E-state index contributed by atoms with van der Waals surface area (Å²) in [4.78, 5) is 3.46. The van der Waals surface area contributed by atoms with E-state index in [2.05, 4.69) is 41.6 Å². The van der Waals surface area contributed by atoms with E-state index in [4.69, 9.17) is 0 Å². The molecule has 1 aliphatic rings. The van der Waals surface area contributed by atoms with Gasteiger partial charge in [0.1, 0.15) is 0 Å². The molecule has 0 amide bonds. The Hall–Kier alpha value is -1.28. The molecule has 2 N–H and O–H groups in total. The molecule has 17 heavy (non-hydrogen) atoms. The van der Waals surface area contributed by atoms with Crippen LogP contribution in [0.3, 0.4) is 0 Å². The molecule has 0 spiro atoms. The average molecular weight is 228 g/mol. The highest BCUT2D eigenvalue weighted by Gasteiger charge is 2.17.